The number of nitrogens with one attached hydrogen (secondary N) is 1. The van der Waals surface area contributed by atoms with Gasteiger partial charge in [0.15, 0.2) is 0 Å². The molecular weight excluding hydrogens is 440 g/mol. The van der Waals surface area contributed by atoms with Gasteiger partial charge in [-0.2, -0.15) is 4.31 Å². The summed E-state index contributed by atoms with van der Waals surface area (Å²) in [5, 5.41) is 3.03. The number of carbonyl (C=O) groups is 1. The largest absolute Gasteiger partial charge is 0.322 e. The first-order chi connectivity index (χ1) is 13.7. The molecule has 0 radical (unpaired) electrons. The lowest BCUT2D eigenvalue weighted by molar-refractivity contribution is -0.121. The van der Waals surface area contributed by atoms with Gasteiger partial charge in [-0.05, 0) is 37.3 Å². The zero-order chi connectivity index (χ0) is 21.2. The molecule has 6 nitrogen and oxygen atoms in total. The summed E-state index contributed by atoms with van der Waals surface area (Å²) in [6, 6.07) is 9.59. The third-order valence-electron chi connectivity index (χ3n) is 4.86. The van der Waals surface area contributed by atoms with Crippen molar-refractivity contribution in [3.63, 3.8) is 0 Å². The molecule has 156 valence electrons. The standard InChI is InChI=1S/C19H20Cl2FN3O3S/c1-13(19(26)23-18-5-3-2-4-17(18)22)24-8-10-25(11-9-24)29(27,28)14-6-7-15(20)16(21)12-14/h2-7,12-13H,8-11H2,1H3,(H,23,26). The van der Waals surface area contributed by atoms with E-state index in [1.54, 1.807) is 19.1 Å². The van der Waals surface area contributed by atoms with E-state index < -0.39 is 21.9 Å². The minimum atomic E-state index is -3.71. The Labute approximate surface area is 179 Å². The van der Waals surface area contributed by atoms with Crippen molar-refractivity contribution in [3.05, 3.63) is 58.3 Å². The van der Waals surface area contributed by atoms with E-state index in [0.717, 1.165) is 0 Å². The van der Waals surface area contributed by atoms with E-state index in [9.17, 15) is 17.6 Å². The Hall–Kier alpha value is -1.71. The van der Waals surface area contributed by atoms with E-state index in [1.807, 2.05) is 4.90 Å². The number of hydrogen-bond acceptors (Lipinski definition) is 4. The van der Waals surface area contributed by atoms with Gasteiger partial charge in [0.1, 0.15) is 5.82 Å². The normalized spacial score (nSPS) is 17.1. The zero-order valence-corrected chi connectivity index (χ0v) is 17.9. The van der Waals surface area contributed by atoms with Crippen molar-refractivity contribution >= 4 is 44.8 Å². The summed E-state index contributed by atoms with van der Waals surface area (Å²) in [5.74, 6) is -0.860. The molecule has 0 saturated carbocycles. The molecule has 0 aliphatic carbocycles. The van der Waals surface area contributed by atoms with E-state index in [4.69, 9.17) is 23.2 Å². The maximum Gasteiger partial charge on any atom is 0.243 e. The van der Waals surface area contributed by atoms with Crippen LogP contribution in [-0.4, -0.2) is 55.8 Å². The fourth-order valence-electron chi connectivity index (χ4n) is 3.08. The molecule has 1 aliphatic rings. The molecule has 1 fully saturated rings. The van der Waals surface area contributed by atoms with Crippen LogP contribution in [0.4, 0.5) is 10.1 Å². The van der Waals surface area contributed by atoms with E-state index in [0.29, 0.717) is 13.1 Å². The summed E-state index contributed by atoms with van der Waals surface area (Å²) in [6.07, 6.45) is 0. The van der Waals surface area contributed by atoms with Crippen LogP contribution in [0.2, 0.25) is 10.0 Å². The summed E-state index contributed by atoms with van der Waals surface area (Å²) in [4.78, 5) is 14.4. The summed E-state index contributed by atoms with van der Waals surface area (Å²) in [5.41, 5.74) is 0.116. The SMILES string of the molecule is CC(C(=O)Nc1ccccc1F)N1CCN(S(=O)(=O)c2ccc(Cl)c(Cl)c2)CC1. The topological polar surface area (TPSA) is 69.7 Å². The average molecular weight is 460 g/mol. The monoisotopic (exact) mass is 459 g/mol. The first-order valence-electron chi connectivity index (χ1n) is 8.95. The Kier molecular flexibility index (Phi) is 6.80. The van der Waals surface area contributed by atoms with Crippen molar-refractivity contribution < 1.29 is 17.6 Å². The number of nitrogens with zero attached hydrogens (tertiary/aromatic N) is 2. The van der Waals surface area contributed by atoms with Crippen LogP contribution in [0.5, 0.6) is 0 Å². The van der Waals surface area contributed by atoms with E-state index >= 15 is 0 Å². The van der Waals surface area contributed by atoms with Crippen molar-refractivity contribution in [1.29, 1.82) is 0 Å². The van der Waals surface area contributed by atoms with Crippen LogP contribution in [0.25, 0.3) is 0 Å². The number of amides is 1. The van der Waals surface area contributed by atoms with Gasteiger partial charge in [0.25, 0.3) is 0 Å². The second kappa shape index (κ2) is 8.97. The molecular formula is C19H20Cl2FN3O3S. The van der Waals surface area contributed by atoms with Gasteiger partial charge in [0.05, 0.1) is 26.7 Å². The van der Waals surface area contributed by atoms with Crippen LogP contribution in [0.15, 0.2) is 47.4 Å². The van der Waals surface area contributed by atoms with Crippen LogP contribution in [-0.2, 0) is 14.8 Å². The lowest BCUT2D eigenvalue weighted by atomic mass is 10.2. The summed E-state index contributed by atoms with van der Waals surface area (Å²) in [6.45, 7) is 2.89. The van der Waals surface area contributed by atoms with Crippen LogP contribution in [0, 0.1) is 5.82 Å². The molecule has 29 heavy (non-hydrogen) atoms. The smallest absolute Gasteiger partial charge is 0.243 e. The number of sulfonamides is 1. The van der Waals surface area contributed by atoms with Gasteiger partial charge in [-0.1, -0.05) is 35.3 Å². The average Bonchev–Trinajstić information content (AvgIpc) is 2.71. The molecule has 2 aromatic rings. The maximum absolute atomic E-state index is 13.7. The Morgan fingerprint density at radius 1 is 1.07 bits per heavy atom. The second-order valence-electron chi connectivity index (χ2n) is 6.66. The van der Waals surface area contributed by atoms with Crippen molar-refractivity contribution in [2.75, 3.05) is 31.5 Å². The fourth-order valence-corrected chi connectivity index (χ4v) is 4.89. The first kappa shape index (κ1) is 22.0. The van der Waals surface area contributed by atoms with Crippen LogP contribution >= 0.6 is 23.2 Å². The summed E-state index contributed by atoms with van der Waals surface area (Å²) < 4.78 is 40.7. The zero-order valence-electron chi connectivity index (χ0n) is 15.6. The van der Waals surface area contributed by atoms with Gasteiger partial charge in [0.2, 0.25) is 15.9 Å². The molecule has 3 rings (SSSR count). The van der Waals surface area contributed by atoms with Crippen molar-refractivity contribution in [2.24, 2.45) is 0 Å². The molecule has 0 aromatic heterocycles. The second-order valence-corrected chi connectivity index (χ2v) is 9.41. The molecule has 1 N–H and O–H groups in total. The van der Waals surface area contributed by atoms with Gasteiger partial charge < -0.3 is 5.32 Å². The maximum atomic E-state index is 13.7. The fraction of sp³-hybridized carbons (Fsp3) is 0.316. The van der Waals surface area contributed by atoms with E-state index in [1.165, 1.54) is 34.6 Å². The predicted molar refractivity (Wildman–Crippen MR) is 111 cm³/mol. The van der Waals surface area contributed by atoms with Crippen molar-refractivity contribution in [1.82, 2.24) is 9.21 Å². The highest BCUT2D eigenvalue weighted by Gasteiger charge is 2.32. The Morgan fingerprint density at radius 2 is 1.72 bits per heavy atom. The lowest BCUT2D eigenvalue weighted by Gasteiger charge is -2.36. The van der Waals surface area contributed by atoms with Crippen LogP contribution in [0.1, 0.15) is 6.92 Å². The van der Waals surface area contributed by atoms with Crippen LogP contribution < -0.4 is 5.32 Å². The van der Waals surface area contributed by atoms with Crippen molar-refractivity contribution in [3.8, 4) is 0 Å². The third-order valence-corrected chi connectivity index (χ3v) is 7.49. The van der Waals surface area contributed by atoms with Gasteiger partial charge in [-0.15, -0.1) is 0 Å². The molecule has 1 amide bonds. The number of para-hydroxylation sites is 1. The Bertz CT molecular complexity index is 1010. The molecule has 0 bridgehead atoms. The Morgan fingerprint density at radius 3 is 2.34 bits per heavy atom. The van der Waals surface area contributed by atoms with E-state index in [2.05, 4.69) is 5.32 Å². The molecule has 1 saturated heterocycles. The molecule has 1 aliphatic heterocycles. The summed E-state index contributed by atoms with van der Waals surface area (Å²) >= 11 is 11.8. The number of rotatable bonds is 5. The van der Waals surface area contributed by atoms with Gasteiger partial charge >= 0.3 is 0 Å². The predicted octanol–water partition coefficient (Wildman–Crippen LogP) is 3.47. The van der Waals surface area contributed by atoms with Crippen LogP contribution in [0.3, 0.4) is 0 Å². The van der Waals surface area contributed by atoms with E-state index in [-0.39, 0.29) is 39.6 Å². The quantitative estimate of drug-likeness (QED) is 0.742. The summed E-state index contributed by atoms with van der Waals surface area (Å²) in [7, 11) is -3.71. The minimum Gasteiger partial charge on any atom is -0.322 e. The molecule has 1 heterocycles. The number of anilines is 1. The molecule has 1 unspecified atom stereocenters. The lowest BCUT2D eigenvalue weighted by Crippen LogP contribution is -2.53. The number of hydrogen-bond donors (Lipinski definition) is 1. The first-order valence-corrected chi connectivity index (χ1v) is 11.1. The highest BCUT2D eigenvalue weighted by Crippen LogP contribution is 2.27. The van der Waals surface area contributed by atoms with Gasteiger partial charge in [-0.3, -0.25) is 9.69 Å². The van der Waals surface area contributed by atoms with Crippen molar-refractivity contribution in [2.45, 2.75) is 17.9 Å². The molecule has 1 atom stereocenters. The number of piperazine rings is 1. The van der Waals surface area contributed by atoms with Gasteiger partial charge in [0, 0.05) is 26.2 Å². The minimum absolute atomic E-state index is 0.0747. The molecule has 10 heteroatoms. The highest BCUT2D eigenvalue weighted by molar-refractivity contribution is 7.89. The molecule has 0 spiro atoms. The number of carbonyl (C=O) groups excluding carboxylic acids is 1. The molecule has 2 aromatic carbocycles. The highest BCUT2D eigenvalue weighted by atomic mass is 35.5. The number of halogens is 3. The Balaban J connectivity index is 1.62. The van der Waals surface area contributed by atoms with Gasteiger partial charge in [-0.25, -0.2) is 12.8 Å². The third kappa shape index (κ3) is 4.90. The number of benzene rings is 2.